The number of carboxylic acids is 2. The highest BCUT2D eigenvalue weighted by Crippen LogP contribution is 2.32. The van der Waals surface area contributed by atoms with Gasteiger partial charge in [0.2, 0.25) is 5.88 Å². The van der Waals surface area contributed by atoms with E-state index in [-0.39, 0.29) is 24.2 Å². The Hall–Kier alpha value is -3.95. The highest BCUT2D eigenvalue weighted by atomic mass is 19.4. The number of alkyl halides is 6. The topological polar surface area (TPSA) is 139 Å². The lowest BCUT2D eigenvalue weighted by molar-refractivity contribution is -0.193. The summed E-state index contributed by atoms with van der Waals surface area (Å²) < 4.78 is 75.5. The number of aryl methyl sites for hydroxylation is 1. The van der Waals surface area contributed by atoms with Crippen molar-refractivity contribution >= 4 is 17.8 Å². The zero-order valence-electron chi connectivity index (χ0n) is 20.1. The molecular formula is C23H23F6N3O7. The second kappa shape index (κ2) is 13.2. The molecule has 214 valence electrons. The number of carbonyl (C=O) groups is 3. The molecule has 2 N–H and O–H groups in total. The Kier molecular flexibility index (Phi) is 10.6. The van der Waals surface area contributed by atoms with Gasteiger partial charge in [-0.1, -0.05) is 12.1 Å². The Morgan fingerprint density at radius 1 is 1.00 bits per heavy atom. The summed E-state index contributed by atoms with van der Waals surface area (Å²) in [5, 5.41) is 14.2. The minimum Gasteiger partial charge on any atom is -0.475 e. The van der Waals surface area contributed by atoms with Crippen LogP contribution in [-0.2, 0) is 14.3 Å². The number of pyridine rings is 2. The lowest BCUT2D eigenvalue weighted by Gasteiger charge is -2.31. The van der Waals surface area contributed by atoms with Gasteiger partial charge in [0.1, 0.15) is 17.9 Å². The average molecular weight is 567 g/mol. The molecule has 1 amide bonds. The molecule has 0 bridgehead atoms. The SMILES string of the molecule is Cc1cccc(C(=O)N2C[C@H](Oc3ccccn3)[C@H]3OCCC[C@H]32)n1.O=C(O)C(F)(F)F.O=C(O)C(F)(F)F. The van der Waals surface area contributed by atoms with Gasteiger partial charge in [0.25, 0.3) is 5.91 Å². The van der Waals surface area contributed by atoms with E-state index >= 15 is 0 Å². The number of amides is 1. The third-order valence-corrected chi connectivity index (χ3v) is 5.24. The summed E-state index contributed by atoms with van der Waals surface area (Å²) >= 11 is 0. The first kappa shape index (κ1) is 31.3. The van der Waals surface area contributed by atoms with E-state index in [0.29, 0.717) is 24.7 Å². The number of hydrogen-bond donors (Lipinski definition) is 2. The van der Waals surface area contributed by atoms with Crippen LogP contribution in [0.2, 0.25) is 0 Å². The van der Waals surface area contributed by atoms with Crippen molar-refractivity contribution in [3.05, 3.63) is 54.0 Å². The van der Waals surface area contributed by atoms with Crippen LogP contribution in [0.4, 0.5) is 26.3 Å². The van der Waals surface area contributed by atoms with Crippen LogP contribution in [0.5, 0.6) is 5.88 Å². The molecule has 39 heavy (non-hydrogen) atoms. The Balaban J connectivity index is 0.000000317. The van der Waals surface area contributed by atoms with Crippen LogP contribution < -0.4 is 4.74 Å². The molecule has 16 heteroatoms. The molecule has 0 unspecified atom stereocenters. The summed E-state index contributed by atoms with van der Waals surface area (Å²) in [5.41, 5.74) is 1.31. The van der Waals surface area contributed by atoms with Gasteiger partial charge in [-0.25, -0.2) is 19.6 Å². The molecule has 10 nitrogen and oxygen atoms in total. The third kappa shape index (κ3) is 9.38. The third-order valence-electron chi connectivity index (χ3n) is 5.24. The number of likely N-dealkylation sites (tertiary alicyclic amines) is 1. The molecular weight excluding hydrogens is 544 g/mol. The van der Waals surface area contributed by atoms with Crippen molar-refractivity contribution in [2.45, 2.75) is 50.4 Å². The first-order valence-corrected chi connectivity index (χ1v) is 11.2. The first-order chi connectivity index (χ1) is 18.1. The van der Waals surface area contributed by atoms with Crippen LogP contribution in [0.15, 0.2) is 42.6 Å². The molecule has 0 aliphatic carbocycles. The van der Waals surface area contributed by atoms with Gasteiger partial charge in [0.05, 0.1) is 12.6 Å². The fourth-order valence-corrected chi connectivity index (χ4v) is 3.63. The van der Waals surface area contributed by atoms with Crippen LogP contribution in [-0.4, -0.2) is 86.7 Å². The fourth-order valence-electron chi connectivity index (χ4n) is 3.63. The fraction of sp³-hybridized carbons (Fsp3) is 0.435. The molecule has 2 aliphatic rings. The predicted octanol–water partition coefficient (Wildman–Crippen LogP) is 3.50. The summed E-state index contributed by atoms with van der Waals surface area (Å²) in [6.07, 6.45) is -6.94. The minimum atomic E-state index is -5.08. The highest BCUT2D eigenvalue weighted by Gasteiger charge is 2.48. The number of aromatic nitrogens is 2. The number of carboxylic acid groups (broad SMARTS) is 2. The molecule has 2 saturated heterocycles. The van der Waals surface area contributed by atoms with E-state index in [2.05, 4.69) is 9.97 Å². The van der Waals surface area contributed by atoms with Gasteiger partial charge in [0.15, 0.2) is 0 Å². The quantitative estimate of drug-likeness (QED) is 0.534. The average Bonchev–Trinajstić information content (AvgIpc) is 3.22. The number of aliphatic carboxylic acids is 2. The normalized spacial score (nSPS) is 20.4. The van der Waals surface area contributed by atoms with Crippen LogP contribution in [0, 0.1) is 6.92 Å². The zero-order chi connectivity index (χ0) is 29.4. The van der Waals surface area contributed by atoms with Crippen molar-refractivity contribution in [3.63, 3.8) is 0 Å². The lowest BCUT2D eigenvalue weighted by Crippen LogP contribution is -2.44. The Morgan fingerprint density at radius 3 is 2.13 bits per heavy atom. The number of hydrogen-bond acceptors (Lipinski definition) is 7. The van der Waals surface area contributed by atoms with Crippen LogP contribution in [0.1, 0.15) is 29.0 Å². The smallest absolute Gasteiger partial charge is 0.475 e. The molecule has 0 saturated carbocycles. The minimum absolute atomic E-state index is 0.0253. The van der Waals surface area contributed by atoms with Crippen LogP contribution >= 0.6 is 0 Å². The maximum atomic E-state index is 13.0. The van der Waals surface area contributed by atoms with Gasteiger partial charge in [-0.05, 0) is 38.0 Å². The summed E-state index contributed by atoms with van der Waals surface area (Å²) in [6.45, 7) is 3.08. The largest absolute Gasteiger partial charge is 0.490 e. The number of fused-ring (bicyclic) bond motifs is 1. The molecule has 4 heterocycles. The molecule has 0 aromatic carbocycles. The van der Waals surface area contributed by atoms with E-state index in [0.717, 1.165) is 18.5 Å². The predicted molar refractivity (Wildman–Crippen MR) is 119 cm³/mol. The summed E-state index contributed by atoms with van der Waals surface area (Å²) in [5.74, 6) is -5.01. The van der Waals surface area contributed by atoms with Crippen molar-refractivity contribution in [1.82, 2.24) is 14.9 Å². The monoisotopic (exact) mass is 567 g/mol. The second-order valence-corrected chi connectivity index (χ2v) is 8.10. The van der Waals surface area contributed by atoms with Crippen LogP contribution in [0.25, 0.3) is 0 Å². The molecule has 0 radical (unpaired) electrons. The van der Waals surface area contributed by atoms with Gasteiger partial charge in [-0.2, -0.15) is 26.3 Å². The number of halogens is 6. The van der Waals surface area contributed by atoms with Gasteiger partial charge < -0.3 is 24.6 Å². The Bertz CT molecular complexity index is 1110. The molecule has 4 rings (SSSR count). The number of rotatable bonds is 3. The lowest BCUT2D eigenvalue weighted by atomic mass is 10.0. The van der Waals surface area contributed by atoms with E-state index in [1.54, 1.807) is 12.3 Å². The van der Waals surface area contributed by atoms with Gasteiger partial charge >= 0.3 is 24.3 Å². The van der Waals surface area contributed by atoms with Crippen LogP contribution in [0.3, 0.4) is 0 Å². The summed E-state index contributed by atoms with van der Waals surface area (Å²) in [7, 11) is 0. The van der Waals surface area contributed by atoms with Gasteiger partial charge in [-0.15, -0.1) is 0 Å². The van der Waals surface area contributed by atoms with E-state index in [9.17, 15) is 31.1 Å². The van der Waals surface area contributed by atoms with E-state index < -0.39 is 24.3 Å². The summed E-state index contributed by atoms with van der Waals surface area (Å²) in [4.78, 5) is 41.2. The van der Waals surface area contributed by atoms with Crippen molar-refractivity contribution in [2.75, 3.05) is 13.2 Å². The van der Waals surface area contributed by atoms with Crippen molar-refractivity contribution in [3.8, 4) is 5.88 Å². The van der Waals surface area contributed by atoms with E-state index in [4.69, 9.17) is 29.3 Å². The first-order valence-electron chi connectivity index (χ1n) is 11.2. The Morgan fingerprint density at radius 2 is 1.62 bits per heavy atom. The standard InChI is InChI=1S/C19H21N3O3.2C2HF3O2/c1-13-6-4-7-14(21-13)19(23)22-12-16(18-15(22)8-5-11-24-18)25-17-9-2-3-10-20-17;2*3-2(4,5)1(6)7/h2-4,6-7,9-10,15-16,18H,5,8,11-12H2,1H3;2*(H,6,7)/t15-,16+,18+;;/m1../s1. The second-order valence-electron chi connectivity index (χ2n) is 8.10. The number of ether oxygens (including phenoxy) is 2. The maximum absolute atomic E-state index is 13.0. The molecule has 2 aliphatic heterocycles. The van der Waals surface area contributed by atoms with Crippen molar-refractivity contribution in [2.24, 2.45) is 0 Å². The molecule has 3 atom stereocenters. The highest BCUT2D eigenvalue weighted by molar-refractivity contribution is 5.93. The summed E-state index contributed by atoms with van der Waals surface area (Å²) in [6, 6.07) is 11.1. The number of carbonyl (C=O) groups excluding carboxylic acids is 1. The van der Waals surface area contributed by atoms with E-state index in [1.165, 1.54) is 0 Å². The van der Waals surface area contributed by atoms with Crippen molar-refractivity contribution < 1.29 is 60.4 Å². The van der Waals surface area contributed by atoms with Gasteiger partial charge in [0, 0.05) is 24.6 Å². The molecule has 0 spiro atoms. The maximum Gasteiger partial charge on any atom is 0.490 e. The van der Waals surface area contributed by atoms with Crippen molar-refractivity contribution in [1.29, 1.82) is 0 Å². The van der Waals surface area contributed by atoms with Gasteiger partial charge in [-0.3, -0.25) is 4.79 Å². The molecule has 2 aromatic heterocycles. The molecule has 2 aromatic rings. The zero-order valence-corrected chi connectivity index (χ0v) is 20.1. The molecule has 2 fully saturated rings. The number of nitrogens with zero attached hydrogens (tertiary/aromatic N) is 3. The Labute approximate surface area is 217 Å². The van der Waals surface area contributed by atoms with E-state index in [1.807, 2.05) is 42.2 Å².